The first kappa shape index (κ1) is 27.3. The SMILES string of the molecule is [2H]c1c([2H])c(-c2cccc(-c3ccc(-c4ccccc4C([2H])([2H])[2H])cc3)c2N2CN(c3cccc(Oc4ccc5c6c([2H])c([2H])c([2H])c([2H])c6n(-c6cc(C([2H])([2H])[2H])ccn6)c5c4)c3)c3ccccc32)c([2H])c(C(C)(C)C)c1[2H]. The van der Waals surface area contributed by atoms with Gasteiger partial charge < -0.3 is 14.5 Å². The first-order chi connectivity index (χ1) is 37.4. The summed E-state index contributed by atoms with van der Waals surface area (Å²) in [6, 6.07) is 41.4. The molecule has 316 valence electrons. The Morgan fingerprint density at radius 1 is 0.585 bits per heavy atom. The zero-order chi connectivity index (χ0) is 56.2. The predicted octanol–water partition coefficient (Wildman–Crippen LogP) is 16.1. The summed E-state index contributed by atoms with van der Waals surface area (Å²) >= 11 is 0. The maximum absolute atomic E-state index is 9.72. The van der Waals surface area contributed by atoms with Crippen molar-refractivity contribution in [2.75, 3.05) is 16.5 Å². The molecule has 0 N–H and O–H groups in total. The van der Waals surface area contributed by atoms with E-state index < -0.39 is 31.2 Å². The number of benzene rings is 8. The number of pyridine rings is 1. The van der Waals surface area contributed by atoms with Crippen LogP contribution in [0.15, 0.2) is 200 Å². The third kappa shape index (κ3) is 7.29. The summed E-state index contributed by atoms with van der Waals surface area (Å²) in [4.78, 5) is 8.72. The standard InChI is InChI=1S/C60H50N4O/c1-40-33-34-61-58(35-40)64-54-24-9-8-21-52(54)53-32-31-48(38-57(53)64)65-47-19-13-18-46(37-47)62-39-63(56-26-11-10-25-55(56)62)59-50(43-29-27-42(28-30-43)49-20-7-6-15-41(49)2)22-14-23-51(59)44-16-12-17-45(36-44)60(3,4)5/h6-38H,39H2,1-5H3/i1D3,2D3,8D,9D,12D,16D,17D,21D,24D,36D. The Kier molecular flexibility index (Phi) is 6.74. The van der Waals surface area contributed by atoms with Crippen LogP contribution < -0.4 is 14.5 Å². The van der Waals surface area contributed by atoms with Gasteiger partial charge >= 0.3 is 0 Å². The molecule has 0 saturated heterocycles. The number of hydrogen-bond donors (Lipinski definition) is 0. The minimum Gasteiger partial charge on any atom is -0.457 e. The monoisotopic (exact) mass is 856 g/mol. The third-order valence-electron chi connectivity index (χ3n) is 11.8. The summed E-state index contributed by atoms with van der Waals surface area (Å²) in [5.41, 5.74) is 6.95. The molecule has 65 heavy (non-hydrogen) atoms. The summed E-state index contributed by atoms with van der Waals surface area (Å²) in [5.74, 6) is 0.939. The van der Waals surface area contributed by atoms with Gasteiger partial charge in [-0.2, -0.15) is 0 Å². The molecule has 10 aromatic rings. The summed E-state index contributed by atoms with van der Waals surface area (Å²) in [6.07, 6.45) is 1.36. The van der Waals surface area contributed by atoms with Gasteiger partial charge in [-0.1, -0.05) is 148 Å². The molecule has 3 heterocycles. The zero-order valence-corrected chi connectivity index (χ0v) is 35.8. The summed E-state index contributed by atoms with van der Waals surface area (Å²) < 4.78 is 129. The van der Waals surface area contributed by atoms with Crippen molar-refractivity contribution in [3.05, 3.63) is 217 Å². The van der Waals surface area contributed by atoms with E-state index >= 15 is 0 Å². The van der Waals surface area contributed by atoms with Crippen LogP contribution in [-0.4, -0.2) is 16.2 Å². The smallest absolute Gasteiger partial charge is 0.137 e. The normalized spacial score (nSPS) is 16.0. The van der Waals surface area contributed by atoms with E-state index in [1.807, 2.05) is 112 Å². The molecule has 11 rings (SSSR count). The number of aromatic nitrogens is 2. The molecule has 0 aliphatic carbocycles. The second kappa shape index (κ2) is 16.0. The second-order valence-corrected chi connectivity index (χ2v) is 17.1. The number of para-hydroxylation sites is 4. The minimum atomic E-state index is -2.48. The molecule has 5 nitrogen and oxygen atoms in total. The highest BCUT2D eigenvalue weighted by molar-refractivity contribution is 6.09. The first-order valence-electron chi connectivity index (χ1n) is 28.3. The van der Waals surface area contributed by atoms with E-state index in [1.54, 1.807) is 47.0 Å². The Morgan fingerprint density at radius 2 is 1.31 bits per heavy atom. The molecule has 0 bridgehead atoms. The van der Waals surface area contributed by atoms with Gasteiger partial charge in [-0.15, -0.1) is 0 Å². The number of nitrogens with zero attached hydrogens (tertiary/aromatic N) is 4. The highest BCUT2D eigenvalue weighted by atomic mass is 16.5. The lowest BCUT2D eigenvalue weighted by atomic mass is 9.85. The van der Waals surface area contributed by atoms with Gasteiger partial charge in [0, 0.05) is 54.1 Å². The molecule has 0 atom stereocenters. The maximum Gasteiger partial charge on any atom is 0.137 e. The van der Waals surface area contributed by atoms with Crippen LogP contribution in [0.3, 0.4) is 0 Å². The van der Waals surface area contributed by atoms with Crippen LogP contribution in [0.2, 0.25) is 0 Å². The van der Waals surface area contributed by atoms with E-state index in [9.17, 15) is 2.74 Å². The lowest BCUT2D eigenvalue weighted by Gasteiger charge is -2.28. The molecule has 0 amide bonds. The fraction of sp³-hybridized carbons (Fsp3) is 0.117. The zero-order valence-electron chi connectivity index (χ0n) is 49.8. The van der Waals surface area contributed by atoms with Crippen LogP contribution >= 0.6 is 0 Å². The molecule has 5 heteroatoms. The van der Waals surface area contributed by atoms with Crippen LogP contribution in [0.25, 0.3) is 61.0 Å². The Hall–Kier alpha value is -7.89. The largest absolute Gasteiger partial charge is 0.457 e. The van der Waals surface area contributed by atoms with Crippen molar-refractivity contribution < 1.29 is 23.9 Å². The van der Waals surface area contributed by atoms with Gasteiger partial charge in [0.15, 0.2) is 0 Å². The van der Waals surface area contributed by atoms with E-state index in [4.69, 9.17) is 21.2 Å². The molecule has 0 saturated carbocycles. The number of hydrogen-bond acceptors (Lipinski definition) is 4. The number of aryl methyl sites for hydroxylation is 2. The summed E-state index contributed by atoms with van der Waals surface area (Å²) in [7, 11) is 0. The Labute approximate surface area is 401 Å². The molecular weight excluding hydrogens is 793 g/mol. The van der Waals surface area contributed by atoms with Gasteiger partial charge in [-0.25, -0.2) is 4.98 Å². The Balaban J connectivity index is 1.03. The molecule has 1 aliphatic rings. The first-order valence-corrected chi connectivity index (χ1v) is 21.3. The number of fused-ring (bicyclic) bond motifs is 4. The molecule has 0 radical (unpaired) electrons. The second-order valence-electron chi connectivity index (χ2n) is 17.1. The predicted molar refractivity (Wildman–Crippen MR) is 272 cm³/mol. The van der Waals surface area contributed by atoms with Crippen molar-refractivity contribution in [3.63, 3.8) is 0 Å². The minimum absolute atomic E-state index is 0.00593. The van der Waals surface area contributed by atoms with Gasteiger partial charge in [0.05, 0.1) is 39.1 Å². The van der Waals surface area contributed by atoms with Crippen LogP contribution in [0.1, 0.15) is 56.7 Å². The van der Waals surface area contributed by atoms with Crippen molar-refractivity contribution >= 4 is 44.6 Å². The van der Waals surface area contributed by atoms with E-state index in [0.717, 1.165) is 28.2 Å². The molecule has 2 aromatic heterocycles. The summed E-state index contributed by atoms with van der Waals surface area (Å²) in [6.45, 7) is 1.09. The van der Waals surface area contributed by atoms with Gasteiger partial charge in [-0.05, 0) is 113 Å². The van der Waals surface area contributed by atoms with Crippen LogP contribution in [0, 0.1) is 13.7 Å². The molecular formula is C60H50N4O. The fourth-order valence-corrected chi connectivity index (χ4v) is 8.70. The maximum atomic E-state index is 9.72. The lowest BCUT2D eigenvalue weighted by molar-refractivity contribution is 0.483. The molecule has 0 fully saturated rings. The fourth-order valence-electron chi connectivity index (χ4n) is 8.70. The van der Waals surface area contributed by atoms with Gasteiger partial charge in [0.1, 0.15) is 24.0 Å². The highest BCUT2D eigenvalue weighted by Crippen LogP contribution is 2.51. The Bertz CT molecular complexity index is 4110. The van der Waals surface area contributed by atoms with Crippen molar-refractivity contribution in [2.45, 2.75) is 39.9 Å². The molecule has 8 aromatic carbocycles. The van der Waals surface area contributed by atoms with Crippen LogP contribution in [0.4, 0.5) is 22.7 Å². The average Bonchev–Trinajstić information content (AvgIpc) is 4.14. The highest BCUT2D eigenvalue weighted by Gasteiger charge is 2.32. The molecule has 0 unspecified atom stereocenters. The van der Waals surface area contributed by atoms with E-state index in [-0.39, 0.29) is 76.3 Å². The molecule has 1 aliphatic heterocycles. The number of rotatable bonds is 8. The number of ether oxygens (including phenoxy) is 1. The van der Waals surface area contributed by atoms with E-state index in [2.05, 4.69) is 14.8 Å². The van der Waals surface area contributed by atoms with Gasteiger partial charge in [-0.3, -0.25) is 4.57 Å². The quantitative estimate of drug-likeness (QED) is 0.152. The Morgan fingerprint density at radius 3 is 2.12 bits per heavy atom. The van der Waals surface area contributed by atoms with E-state index in [0.29, 0.717) is 50.3 Å². The van der Waals surface area contributed by atoms with E-state index in [1.165, 1.54) is 18.3 Å². The van der Waals surface area contributed by atoms with Crippen molar-refractivity contribution in [2.24, 2.45) is 0 Å². The third-order valence-corrected chi connectivity index (χ3v) is 11.8. The van der Waals surface area contributed by atoms with Crippen LogP contribution in [-0.2, 0) is 5.41 Å². The van der Waals surface area contributed by atoms with Gasteiger partial charge in [0.2, 0.25) is 0 Å². The van der Waals surface area contributed by atoms with Crippen molar-refractivity contribution in [3.8, 4) is 50.7 Å². The van der Waals surface area contributed by atoms with Crippen LogP contribution in [0.5, 0.6) is 11.5 Å². The topological polar surface area (TPSA) is 33.5 Å². The lowest BCUT2D eigenvalue weighted by Crippen LogP contribution is -2.25. The average molecular weight is 857 g/mol. The van der Waals surface area contributed by atoms with Crippen molar-refractivity contribution in [1.29, 1.82) is 0 Å². The summed E-state index contributed by atoms with van der Waals surface area (Å²) in [5, 5.41) is 0.721. The van der Waals surface area contributed by atoms with Gasteiger partial charge in [0.25, 0.3) is 0 Å². The number of anilines is 4. The molecule has 0 spiro atoms. The van der Waals surface area contributed by atoms with Crippen molar-refractivity contribution in [1.82, 2.24) is 9.55 Å².